The van der Waals surface area contributed by atoms with Gasteiger partial charge in [0.1, 0.15) is 5.82 Å². The molecule has 1 atom stereocenters. The van der Waals surface area contributed by atoms with Gasteiger partial charge in [-0.1, -0.05) is 0 Å². The van der Waals surface area contributed by atoms with Crippen LogP contribution < -0.4 is 5.56 Å². The maximum atomic E-state index is 12.5. The minimum Gasteiger partial charge on any atom is -0.481 e. The standard InChI is InChI=1S/C16H23N3O5/c1-11-17-9-12(14(21)18-11)8-13(20)19-6-3-4-16(10-19,15(22)23)5-7-24-2/h9H,3-8,10H2,1-2H3,(H,22,23)(H,17,18,21)/t16-/m0/s1. The van der Waals surface area contributed by atoms with Gasteiger partial charge in [-0.3, -0.25) is 14.4 Å². The number of carbonyl (C=O) groups is 2. The average molecular weight is 337 g/mol. The van der Waals surface area contributed by atoms with Gasteiger partial charge in [0.05, 0.1) is 11.8 Å². The van der Waals surface area contributed by atoms with Crippen LogP contribution in [0.25, 0.3) is 0 Å². The second-order valence-electron chi connectivity index (χ2n) is 6.25. The van der Waals surface area contributed by atoms with Gasteiger partial charge in [-0.15, -0.1) is 0 Å². The number of amides is 1. The van der Waals surface area contributed by atoms with Gasteiger partial charge in [0.15, 0.2) is 0 Å². The summed E-state index contributed by atoms with van der Waals surface area (Å²) in [5, 5.41) is 9.62. The molecule has 0 saturated carbocycles. The maximum Gasteiger partial charge on any atom is 0.311 e. The van der Waals surface area contributed by atoms with E-state index < -0.39 is 11.4 Å². The summed E-state index contributed by atoms with van der Waals surface area (Å²) in [6.07, 6.45) is 2.80. The fourth-order valence-electron chi connectivity index (χ4n) is 3.04. The highest BCUT2D eigenvalue weighted by atomic mass is 16.5. The number of carboxylic acid groups (broad SMARTS) is 1. The van der Waals surface area contributed by atoms with Crippen molar-refractivity contribution in [2.24, 2.45) is 5.41 Å². The first-order valence-electron chi connectivity index (χ1n) is 7.93. The number of nitrogens with zero attached hydrogens (tertiary/aromatic N) is 2. The first-order chi connectivity index (χ1) is 11.4. The summed E-state index contributed by atoms with van der Waals surface area (Å²) in [4.78, 5) is 44.2. The van der Waals surface area contributed by atoms with Crippen LogP contribution >= 0.6 is 0 Å². The molecule has 1 aliphatic heterocycles. The number of H-pyrrole nitrogens is 1. The van der Waals surface area contributed by atoms with E-state index in [1.54, 1.807) is 6.92 Å². The minimum absolute atomic E-state index is 0.0808. The van der Waals surface area contributed by atoms with Crippen molar-refractivity contribution in [3.63, 3.8) is 0 Å². The number of likely N-dealkylation sites (tertiary alicyclic amines) is 1. The maximum absolute atomic E-state index is 12.5. The van der Waals surface area contributed by atoms with Crippen LogP contribution in [0.2, 0.25) is 0 Å². The largest absolute Gasteiger partial charge is 0.481 e. The van der Waals surface area contributed by atoms with Gasteiger partial charge in [0.2, 0.25) is 5.91 Å². The quantitative estimate of drug-likeness (QED) is 0.774. The van der Waals surface area contributed by atoms with Crippen molar-refractivity contribution in [2.75, 3.05) is 26.8 Å². The SMILES string of the molecule is COCC[C@@]1(C(=O)O)CCCN(C(=O)Cc2cnc(C)[nH]c2=O)C1. The number of aromatic amines is 1. The van der Waals surface area contributed by atoms with Crippen LogP contribution in [0.15, 0.2) is 11.0 Å². The van der Waals surface area contributed by atoms with Crippen molar-refractivity contribution in [2.45, 2.75) is 32.6 Å². The fraction of sp³-hybridized carbons (Fsp3) is 0.625. The van der Waals surface area contributed by atoms with E-state index in [1.807, 2.05) is 0 Å². The zero-order valence-electron chi connectivity index (χ0n) is 14.0. The van der Waals surface area contributed by atoms with E-state index in [4.69, 9.17) is 4.74 Å². The van der Waals surface area contributed by atoms with E-state index in [9.17, 15) is 19.5 Å². The first kappa shape index (κ1) is 18.1. The predicted molar refractivity (Wildman–Crippen MR) is 85.7 cm³/mol. The van der Waals surface area contributed by atoms with E-state index in [-0.39, 0.29) is 30.0 Å². The second-order valence-corrected chi connectivity index (χ2v) is 6.25. The summed E-state index contributed by atoms with van der Waals surface area (Å²) in [7, 11) is 1.53. The van der Waals surface area contributed by atoms with E-state index in [1.165, 1.54) is 18.2 Å². The number of hydrogen-bond donors (Lipinski definition) is 2. The number of carbonyl (C=O) groups excluding carboxylic acids is 1. The van der Waals surface area contributed by atoms with Gasteiger partial charge in [-0.2, -0.15) is 0 Å². The molecule has 2 rings (SSSR count). The zero-order valence-corrected chi connectivity index (χ0v) is 14.0. The molecule has 8 heteroatoms. The third-order valence-electron chi connectivity index (χ3n) is 4.51. The predicted octanol–water partition coefficient (Wildman–Crippen LogP) is 0.351. The number of aromatic nitrogens is 2. The summed E-state index contributed by atoms with van der Waals surface area (Å²) >= 11 is 0. The molecule has 2 N–H and O–H groups in total. The van der Waals surface area contributed by atoms with Gasteiger partial charge in [-0.25, -0.2) is 4.98 Å². The van der Waals surface area contributed by atoms with E-state index >= 15 is 0 Å². The van der Waals surface area contributed by atoms with Gasteiger partial charge < -0.3 is 19.7 Å². The van der Waals surface area contributed by atoms with Gasteiger partial charge >= 0.3 is 5.97 Å². The van der Waals surface area contributed by atoms with E-state index in [0.29, 0.717) is 38.2 Å². The van der Waals surface area contributed by atoms with Crippen LogP contribution in [-0.4, -0.2) is 58.7 Å². The summed E-state index contributed by atoms with van der Waals surface area (Å²) in [5.74, 6) is -0.681. The smallest absolute Gasteiger partial charge is 0.311 e. The van der Waals surface area contributed by atoms with Crippen LogP contribution in [0.1, 0.15) is 30.7 Å². The van der Waals surface area contributed by atoms with Crippen molar-refractivity contribution in [3.05, 3.63) is 27.9 Å². The lowest BCUT2D eigenvalue weighted by Gasteiger charge is -2.40. The van der Waals surface area contributed by atoms with Crippen LogP contribution in [-0.2, 0) is 20.7 Å². The first-order valence-corrected chi connectivity index (χ1v) is 7.93. The molecule has 2 heterocycles. The van der Waals surface area contributed by atoms with Crippen molar-refractivity contribution in [1.82, 2.24) is 14.9 Å². The number of hydrogen-bond acceptors (Lipinski definition) is 5. The Bertz CT molecular complexity index is 672. The zero-order chi connectivity index (χ0) is 17.7. The van der Waals surface area contributed by atoms with Gasteiger partial charge in [-0.05, 0) is 26.2 Å². The van der Waals surface area contributed by atoms with E-state index in [0.717, 1.165) is 0 Å². The molecule has 1 aliphatic rings. The average Bonchev–Trinajstić information content (AvgIpc) is 2.55. The van der Waals surface area contributed by atoms with Crippen molar-refractivity contribution >= 4 is 11.9 Å². The summed E-state index contributed by atoms with van der Waals surface area (Å²) in [5.41, 5.74) is -1.03. The Hall–Kier alpha value is -2.22. The number of piperidine rings is 1. The molecule has 132 valence electrons. The number of methoxy groups -OCH3 is 1. The van der Waals surface area contributed by atoms with Crippen LogP contribution in [0, 0.1) is 12.3 Å². The lowest BCUT2D eigenvalue weighted by Crippen LogP contribution is -2.51. The number of rotatable bonds is 6. The molecule has 0 unspecified atom stereocenters. The van der Waals surface area contributed by atoms with Crippen LogP contribution in [0.4, 0.5) is 0 Å². The summed E-state index contributed by atoms with van der Waals surface area (Å²) in [6, 6.07) is 0. The number of ether oxygens (including phenoxy) is 1. The lowest BCUT2D eigenvalue weighted by atomic mass is 9.77. The Labute approximate surface area is 139 Å². The molecule has 1 fully saturated rings. The third kappa shape index (κ3) is 4.00. The Morgan fingerprint density at radius 3 is 2.88 bits per heavy atom. The Morgan fingerprint density at radius 1 is 1.50 bits per heavy atom. The molecule has 1 aromatic rings. The molecule has 1 amide bonds. The Kier molecular flexibility index (Phi) is 5.71. The lowest BCUT2D eigenvalue weighted by molar-refractivity contribution is -0.156. The van der Waals surface area contributed by atoms with Gasteiger partial charge in [0.25, 0.3) is 5.56 Å². The molecule has 8 nitrogen and oxygen atoms in total. The third-order valence-corrected chi connectivity index (χ3v) is 4.51. The highest BCUT2D eigenvalue weighted by molar-refractivity contribution is 5.81. The molecular formula is C16H23N3O5. The summed E-state index contributed by atoms with van der Waals surface area (Å²) in [6.45, 7) is 2.63. The number of aliphatic carboxylic acids is 1. The number of nitrogens with one attached hydrogen (secondary N) is 1. The fourth-order valence-corrected chi connectivity index (χ4v) is 3.04. The van der Waals surface area contributed by atoms with Gasteiger partial charge in [0, 0.05) is 38.6 Å². The molecule has 1 saturated heterocycles. The molecule has 0 bridgehead atoms. The molecule has 0 spiro atoms. The number of carboxylic acids is 1. The van der Waals surface area contributed by atoms with Crippen molar-refractivity contribution in [1.29, 1.82) is 0 Å². The Morgan fingerprint density at radius 2 is 2.25 bits per heavy atom. The molecule has 1 aromatic heterocycles. The monoisotopic (exact) mass is 337 g/mol. The summed E-state index contributed by atoms with van der Waals surface area (Å²) < 4.78 is 5.02. The van der Waals surface area contributed by atoms with E-state index in [2.05, 4.69) is 9.97 Å². The number of aryl methyl sites for hydroxylation is 1. The highest BCUT2D eigenvalue weighted by Gasteiger charge is 2.43. The van der Waals surface area contributed by atoms with Crippen LogP contribution in [0.5, 0.6) is 0 Å². The molecule has 24 heavy (non-hydrogen) atoms. The second kappa shape index (κ2) is 7.57. The Balaban J connectivity index is 2.11. The molecule has 0 aromatic carbocycles. The van der Waals surface area contributed by atoms with Crippen molar-refractivity contribution < 1.29 is 19.4 Å². The molecular weight excluding hydrogens is 314 g/mol. The van der Waals surface area contributed by atoms with Crippen LogP contribution in [0.3, 0.4) is 0 Å². The molecule has 0 radical (unpaired) electrons. The minimum atomic E-state index is -0.984. The molecule has 0 aliphatic carbocycles. The topological polar surface area (TPSA) is 113 Å². The normalized spacial score (nSPS) is 20.8. The van der Waals surface area contributed by atoms with Crippen molar-refractivity contribution in [3.8, 4) is 0 Å². The highest BCUT2D eigenvalue weighted by Crippen LogP contribution is 2.34.